The number of hydrogen-bond donors (Lipinski definition) is 0. The van der Waals surface area contributed by atoms with E-state index in [1.54, 1.807) is 0 Å². The van der Waals surface area contributed by atoms with Crippen LogP contribution in [-0.2, 0) is 0 Å². The second kappa shape index (κ2) is 7.30. The van der Waals surface area contributed by atoms with Crippen molar-refractivity contribution >= 4 is 10.8 Å². The van der Waals surface area contributed by atoms with E-state index in [-0.39, 0.29) is 18.3 Å². The first kappa shape index (κ1) is 16.9. The molecule has 0 bridgehead atoms. The minimum absolute atomic E-state index is 0.285. The SMILES string of the molecule is CCCC(F)C1CCC(F)C(C#N)C1c1cccc2ccccc12. The molecule has 0 saturated heterocycles. The third-order valence-electron chi connectivity index (χ3n) is 5.37. The molecule has 1 fully saturated rings. The minimum Gasteiger partial charge on any atom is -0.247 e. The van der Waals surface area contributed by atoms with Crippen molar-refractivity contribution in [3.8, 4) is 6.07 Å². The molecule has 3 heteroatoms. The van der Waals surface area contributed by atoms with Gasteiger partial charge < -0.3 is 0 Å². The van der Waals surface area contributed by atoms with Gasteiger partial charge in [0.2, 0.25) is 0 Å². The first-order valence-corrected chi connectivity index (χ1v) is 8.82. The molecular weight excluding hydrogens is 304 g/mol. The number of benzene rings is 2. The lowest BCUT2D eigenvalue weighted by molar-refractivity contribution is 0.0774. The van der Waals surface area contributed by atoms with Crippen LogP contribution in [-0.4, -0.2) is 12.3 Å². The Labute approximate surface area is 142 Å². The molecule has 1 nitrogen and oxygen atoms in total. The molecule has 0 heterocycles. The molecule has 2 aromatic rings. The Bertz CT molecular complexity index is 731. The average molecular weight is 327 g/mol. The number of nitriles is 1. The van der Waals surface area contributed by atoms with Gasteiger partial charge in [-0.1, -0.05) is 55.8 Å². The van der Waals surface area contributed by atoms with E-state index in [9.17, 15) is 14.0 Å². The fraction of sp³-hybridized carbons (Fsp3) is 0.476. The summed E-state index contributed by atoms with van der Waals surface area (Å²) < 4.78 is 29.3. The number of hydrogen-bond acceptors (Lipinski definition) is 1. The summed E-state index contributed by atoms with van der Waals surface area (Å²) in [6, 6.07) is 15.9. The van der Waals surface area contributed by atoms with Gasteiger partial charge in [0.05, 0.1) is 12.0 Å². The summed E-state index contributed by atoms with van der Waals surface area (Å²) in [6.07, 6.45) is -0.133. The Kier molecular flexibility index (Phi) is 5.14. The van der Waals surface area contributed by atoms with Crippen molar-refractivity contribution < 1.29 is 8.78 Å². The smallest absolute Gasteiger partial charge is 0.116 e. The lowest BCUT2D eigenvalue weighted by Crippen LogP contribution is -2.38. The van der Waals surface area contributed by atoms with Crippen molar-refractivity contribution in [3.05, 3.63) is 48.0 Å². The molecule has 1 aliphatic carbocycles. The van der Waals surface area contributed by atoms with E-state index in [4.69, 9.17) is 0 Å². The van der Waals surface area contributed by atoms with Crippen molar-refractivity contribution in [2.24, 2.45) is 11.8 Å². The van der Waals surface area contributed by atoms with Gasteiger partial charge in [-0.15, -0.1) is 0 Å². The fourth-order valence-electron chi connectivity index (χ4n) is 4.22. The molecular formula is C21H23F2N. The van der Waals surface area contributed by atoms with Crippen molar-refractivity contribution in [1.82, 2.24) is 0 Å². The molecule has 24 heavy (non-hydrogen) atoms. The Hall–Kier alpha value is -1.95. The third kappa shape index (κ3) is 3.02. The predicted molar refractivity (Wildman–Crippen MR) is 93.2 cm³/mol. The highest BCUT2D eigenvalue weighted by molar-refractivity contribution is 5.86. The zero-order chi connectivity index (χ0) is 17.1. The van der Waals surface area contributed by atoms with Crippen LogP contribution in [0.15, 0.2) is 42.5 Å². The summed E-state index contributed by atoms with van der Waals surface area (Å²) in [5, 5.41) is 11.6. The molecule has 0 aliphatic heterocycles. The van der Waals surface area contributed by atoms with Crippen LogP contribution in [0.3, 0.4) is 0 Å². The Morgan fingerprint density at radius 1 is 1.17 bits per heavy atom. The Balaban J connectivity index is 2.11. The van der Waals surface area contributed by atoms with E-state index in [1.807, 2.05) is 49.4 Å². The lowest BCUT2D eigenvalue weighted by Gasteiger charge is -2.39. The molecule has 1 aliphatic rings. The molecule has 5 atom stereocenters. The van der Waals surface area contributed by atoms with Gasteiger partial charge >= 0.3 is 0 Å². The van der Waals surface area contributed by atoms with E-state index in [2.05, 4.69) is 6.07 Å². The van der Waals surface area contributed by atoms with Crippen LogP contribution in [0.2, 0.25) is 0 Å². The van der Waals surface area contributed by atoms with Gasteiger partial charge in [-0.05, 0) is 41.5 Å². The number of nitrogens with zero attached hydrogens (tertiary/aromatic N) is 1. The standard InChI is InChI=1S/C21H23F2N/c1-2-6-19(22)17-11-12-20(23)18(13-24)21(17)16-10-5-8-14-7-3-4-9-15(14)16/h3-5,7-10,17-21H,2,6,11-12H2,1H3. The van der Waals surface area contributed by atoms with Gasteiger partial charge in [0.15, 0.2) is 0 Å². The molecule has 5 unspecified atom stereocenters. The summed E-state index contributed by atoms with van der Waals surface area (Å²) >= 11 is 0. The summed E-state index contributed by atoms with van der Waals surface area (Å²) in [5.41, 5.74) is 0.922. The fourth-order valence-corrected chi connectivity index (χ4v) is 4.22. The van der Waals surface area contributed by atoms with Crippen LogP contribution < -0.4 is 0 Å². The number of rotatable bonds is 4. The second-order valence-corrected chi connectivity index (χ2v) is 6.81. The zero-order valence-electron chi connectivity index (χ0n) is 14.0. The Morgan fingerprint density at radius 2 is 1.92 bits per heavy atom. The van der Waals surface area contributed by atoms with Gasteiger partial charge in [0.1, 0.15) is 12.3 Å². The van der Waals surface area contributed by atoms with Gasteiger partial charge in [-0.25, -0.2) is 8.78 Å². The first-order chi connectivity index (χ1) is 11.7. The summed E-state index contributed by atoms with van der Waals surface area (Å²) in [5.74, 6) is -1.44. The van der Waals surface area contributed by atoms with Crippen LogP contribution in [0.5, 0.6) is 0 Å². The second-order valence-electron chi connectivity index (χ2n) is 6.81. The molecule has 0 radical (unpaired) electrons. The normalized spacial score (nSPS) is 28.4. The van der Waals surface area contributed by atoms with Crippen LogP contribution >= 0.6 is 0 Å². The predicted octanol–water partition coefficient (Wildman–Crippen LogP) is 5.95. The van der Waals surface area contributed by atoms with Crippen molar-refractivity contribution in [2.75, 3.05) is 0 Å². The third-order valence-corrected chi connectivity index (χ3v) is 5.37. The van der Waals surface area contributed by atoms with E-state index in [1.165, 1.54) is 0 Å². The summed E-state index contributed by atoms with van der Waals surface area (Å²) in [4.78, 5) is 0. The van der Waals surface area contributed by atoms with Crippen LogP contribution in [0.1, 0.15) is 44.1 Å². The summed E-state index contributed by atoms with van der Waals surface area (Å²) in [7, 11) is 0. The van der Waals surface area contributed by atoms with Gasteiger partial charge in [-0.2, -0.15) is 5.26 Å². The monoisotopic (exact) mass is 327 g/mol. The molecule has 3 rings (SSSR count). The maximum Gasteiger partial charge on any atom is 0.116 e. The van der Waals surface area contributed by atoms with E-state index >= 15 is 0 Å². The highest BCUT2D eigenvalue weighted by Gasteiger charge is 2.44. The van der Waals surface area contributed by atoms with Crippen LogP contribution in [0.4, 0.5) is 8.78 Å². The van der Waals surface area contributed by atoms with Crippen molar-refractivity contribution in [3.63, 3.8) is 0 Å². The minimum atomic E-state index is -1.18. The number of fused-ring (bicyclic) bond motifs is 1. The molecule has 1 saturated carbocycles. The average Bonchev–Trinajstić information content (AvgIpc) is 2.61. The van der Waals surface area contributed by atoms with Crippen molar-refractivity contribution in [2.45, 2.75) is 50.9 Å². The number of halogens is 2. The molecule has 126 valence electrons. The maximum atomic E-state index is 14.8. The van der Waals surface area contributed by atoms with E-state index in [0.29, 0.717) is 12.8 Å². The van der Waals surface area contributed by atoms with Gasteiger partial charge in [-0.3, -0.25) is 0 Å². The summed E-state index contributed by atoms with van der Waals surface area (Å²) in [6.45, 7) is 1.96. The molecule has 0 amide bonds. The number of alkyl halides is 2. The van der Waals surface area contributed by atoms with Gasteiger partial charge in [0, 0.05) is 5.92 Å². The first-order valence-electron chi connectivity index (χ1n) is 8.82. The largest absolute Gasteiger partial charge is 0.247 e. The van der Waals surface area contributed by atoms with Gasteiger partial charge in [0.25, 0.3) is 0 Å². The molecule has 0 spiro atoms. The lowest BCUT2D eigenvalue weighted by atomic mass is 9.65. The topological polar surface area (TPSA) is 23.8 Å². The Morgan fingerprint density at radius 3 is 2.67 bits per heavy atom. The van der Waals surface area contributed by atoms with E-state index in [0.717, 1.165) is 22.8 Å². The molecule has 0 N–H and O–H groups in total. The molecule has 2 aromatic carbocycles. The molecule has 0 aromatic heterocycles. The highest BCUT2D eigenvalue weighted by Crippen LogP contribution is 2.47. The van der Waals surface area contributed by atoms with Crippen molar-refractivity contribution in [1.29, 1.82) is 5.26 Å². The highest BCUT2D eigenvalue weighted by atomic mass is 19.1. The quantitative estimate of drug-likeness (QED) is 0.681. The van der Waals surface area contributed by atoms with Crippen LogP contribution in [0.25, 0.3) is 10.8 Å². The van der Waals surface area contributed by atoms with Crippen LogP contribution in [0, 0.1) is 23.2 Å². The zero-order valence-corrected chi connectivity index (χ0v) is 14.0. The maximum absolute atomic E-state index is 14.8. The van der Waals surface area contributed by atoms with E-state index < -0.39 is 18.3 Å².